The summed E-state index contributed by atoms with van der Waals surface area (Å²) in [5.74, 6) is 1.50. The molecule has 26 heteroatoms. The molecular formula is C46H72Cl2N10O12S2. The van der Waals surface area contributed by atoms with Crippen molar-refractivity contribution < 1.29 is 54.7 Å². The molecule has 2 aliphatic heterocycles. The van der Waals surface area contributed by atoms with E-state index >= 15 is 0 Å². The molecule has 6 heterocycles. The summed E-state index contributed by atoms with van der Waals surface area (Å²) in [6.45, 7) is 15.7. The Morgan fingerprint density at radius 1 is 0.556 bits per heavy atom. The van der Waals surface area contributed by atoms with Crippen LogP contribution in [0.4, 0.5) is 0 Å². The van der Waals surface area contributed by atoms with Crippen LogP contribution in [0.2, 0.25) is 10.0 Å². The molecule has 0 bridgehead atoms. The number of hydrogen-bond acceptors (Lipinski definition) is 20. The minimum atomic E-state index is -3.81. The van der Waals surface area contributed by atoms with Gasteiger partial charge in [0.1, 0.15) is 47.6 Å². The van der Waals surface area contributed by atoms with E-state index in [0.717, 1.165) is 25.7 Å². The molecule has 22 nitrogen and oxygen atoms in total. The van der Waals surface area contributed by atoms with E-state index in [9.17, 15) is 16.8 Å². The Kier molecular flexibility index (Phi) is 22.6. The molecule has 0 spiro atoms. The number of rotatable bonds is 26. The van der Waals surface area contributed by atoms with Crippen LogP contribution in [0.3, 0.4) is 0 Å². The minimum absolute atomic E-state index is 0.0870. The number of aromatic nitrogens is 10. The molecule has 0 aromatic carbocycles. The first-order valence-electron chi connectivity index (χ1n) is 24.0. The molecule has 4 aromatic heterocycles. The van der Waals surface area contributed by atoms with Crippen molar-refractivity contribution in [2.75, 3.05) is 54.9 Å². The Bertz CT molecular complexity index is 2320. The van der Waals surface area contributed by atoms with Crippen molar-refractivity contribution >= 4 is 42.9 Å². The fourth-order valence-corrected chi connectivity index (χ4v) is 11.5. The average Bonchev–Trinajstić information content (AvgIpc) is 4.14. The first-order valence-corrected chi connectivity index (χ1v) is 28.2. The lowest BCUT2D eigenvalue weighted by atomic mass is 10.2. The van der Waals surface area contributed by atoms with Crippen molar-refractivity contribution in [1.82, 2.24) is 49.5 Å². The quantitative estimate of drug-likeness (QED) is 0.0647. The minimum Gasteiger partial charge on any atom is -0.382 e. The van der Waals surface area contributed by atoms with Gasteiger partial charge in [0.15, 0.2) is 43.0 Å². The summed E-state index contributed by atoms with van der Waals surface area (Å²) in [5.41, 5.74) is 0. The molecule has 6 rings (SSSR count). The molecular weight excluding hydrogens is 1020 g/mol. The van der Waals surface area contributed by atoms with Crippen LogP contribution in [0, 0.1) is 0 Å². The van der Waals surface area contributed by atoms with E-state index in [2.05, 4.69) is 40.3 Å². The molecule has 2 fully saturated rings. The van der Waals surface area contributed by atoms with Gasteiger partial charge in [0, 0.05) is 53.2 Å². The van der Waals surface area contributed by atoms with Crippen LogP contribution in [0.15, 0.2) is 24.8 Å². The molecule has 8 atom stereocenters. The fourth-order valence-electron chi connectivity index (χ4n) is 8.54. The van der Waals surface area contributed by atoms with Gasteiger partial charge >= 0.3 is 0 Å². The highest BCUT2D eigenvalue weighted by atomic mass is 35.5. The van der Waals surface area contributed by atoms with Crippen LogP contribution in [0.25, 0.3) is 0 Å². The number of methoxy groups -OCH3 is 4. The van der Waals surface area contributed by atoms with E-state index in [0.29, 0.717) is 59.8 Å². The van der Waals surface area contributed by atoms with E-state index in [1.807, 2.05) is 41.5 Å². The first kappa shape index (κ1) is 59.5. The summed E-state index contributed by atoms with van der Waals surface area (Å²) < 4.78 is 104. The van der Waals surface area contributed by atoms with E-state index in [1.54, 1.807) is 51.4 Å². The number of sulfone groups is 2. The molecule has 2 saturated heterocycles. The van der Waals surface area contributed by atoms with Crippen molar-refractivity contribution in [3.8, 4) is 0 Å². The van der Waals surface area contributed by atoms with Gasteiger partial charge in [0.25, 0.3) is 0 Å². The third-order valence-electron chi connectivity index (χ3n) is 12.1. The lowest BCUT2D eigenvalue weighted by Crippen LogP contribution is -2.33. The standard InChI is InChI=1S/2C23H36ClN5O6S/c2*1-14(2)34-21(22-25-9-17(24)10-26-22)16(4)36(30,31)13-20-27-28-23(19-8-7-15(3)35-19)29(20)18(11-32-5)12-33-6/h2*9-10,14-16,18-19,21H,7-8,11-13H2,1-6H3/t15-,16+,19-,21-;15-,16-,19-,21+/m10/s1. The summed E-state index contributed by atoms with van der Waals surface area (Å²) in [4.78, 5) is 16.9. The predicted molar refractivity (Wildman–Crippen MR) is 267 cm³/mol. The van der Waals surface area contributed by atoms with Gasteiger partial charge in [-0.2, -0.15) is 0 Å². The zero-order valence-electron chi connectivity index (χ0n) is 43.3. The van der Waals surface area contributed by atoms with Gasteiger partial charge in [0.2, 0.25) is 0 Å². The average molecular weight is 1090 g/mol. The maximum absolute atomic E-state index is 13.7. The number of ether oxygens (including phenoxy) is 8. The van der Waals surface area contributed by atoms with Crippen LogP contribution >= 0.6 is 23.2 Å². The van der Waals surface area contributed by atoms with Gasteiger partial charge in [-0.25, -0.2) is 36.8 Å². The molecule has 2 aliphatic rings. The van der Waals surface area contributed by atoms with Crippen molar-refractivity contribution in [2.45, 2.75) is 164 Å². The third kappa shape index (κ3) is 15.8. The summed E-state index contributed by atoms with van der Waals surface area (Å²) >= 11 is 11.9. The highest BCUT2D eigenvalue weighted by Crippen LogP contribution is 2.37. The van der Waals surface area contributed by atoms with Crippen LogP contribution in [0.5, 0.6) is 0 Å². The summed E-state index contributed by atoms with van der Waals surface area (Å²) in [5, 5.41) is 16.1. The fraction of sp³-hybridized carbons (Fsp3) is 0.739. The Morgan fingerprint density at radius 3 is 1.14 bits per heavy atom. The second-order valence-corrected chi connectivity index (χ2v) is 24.2. The van der Waals surface area contributed by atoms with Crippen LogP contribution < -0.4 is 0 Å². The molecule has 404 valence electrons. The molecule has 0 unspecified atom stereocenters. The van der Waals surface area contributed by atoms with Crippen molar-refractivity contribution in [3.63, 3.8) is 0 Å². The topological polar surface area (TPSA) is 255 Å². The molecule has 0 amide bonds. The zero-order valence-corrected chi connectivity index (χ0v) is 46.4. The Balaban J connectivity index is 0.000000267. The predicted octanol–water partition coefficient (Wildman–Crippen LogP) is 6.53. The van der Waals surface area contributed by atoms with Gasteiger partial charge in [-0.15, -0.1) is 20.4 Å². The molecule has 0 radical (unpaired) electrons. The maximum Gasteiger partial charge on any atom is 0.163 e. The summed E-state index contributed by atoms with van der Waals surface area (Å²) in [6.07, 6.45) is 6.32. The maximum atomic E-state index is 13.7. The van der Waals surface area contributed by atoms with E-state index in [-0.39, 0.29) is 71.9 Å². The molecule has 0 aliphatic carbocycles. The van der Waals surface area contributed by atoms with Gasteiger partial charge in [-0.05, 0) is 81.1 Å². The van der Waals surface area contributed by atoms with Crippen LogP contribution in [-0.2, 0) is 69.1 Å². The lowest BCUT2D eigenvalue weighted by Gasteiger charge is -2.26. The molecule has 72 heavy (non-hydrogen) atoms. The number of halogens is 2. The van der Waals surface area contributed by atoms with Gasteiger partial charge in [-0.1, -0.05) is 23.2 Å². The van der Waals surface area contributed by atoms with E-state index < -0.39 is 42.4 Å². The second-order valence-electron chi connectivity index (χ2n) is 18.6. The molecule has 0 N–H and O–H groups in total. The lowest BCUT2D eigenvalue weighted by molar-refractivity contribution is 0.00121. The summed E-state index contributed by atoms with van der Waals surface area (Å²) in [7, 11) is -1.28. The van der Waals surface area contributed by atoms with Gasteiger partial charge in [-0.3, -0.25) is 0 Å². The third-order valence-corrected chi connectivity index (χ3v) is 16.5. The van der Waals surface area contributed by atoms with E-state index in [1.165, 1.54) is 24.8 Å². The first-order chi connectivity index (χ1) is 34.1. The Hall–Kier alpha value is -3.40. The largest absolute Gasteiger partial charge is 0.382 e. The number of nitrogens with zero attached hydrogens (tertiary/aromatic N) is 10. The summed E-state index contributed by atoms with van der Waals surface area (Å²) in [6, 6.07) is -0.653. The highest BCUT2D eigenvalue weighted by molar-refractivity contribution is 7.91. The van der Waals surface area contributed by atoms with E-state index in [4.69, 9.17) is 61.1 Å². The Morgan fingerprint density at radius 2 is 0.875 bits per heavy atom. The van der Waals surface area contributed by atoms with Crippen LogP contribution in [0.1, 0.15) is 153 Å². The smallest absolute Gasteiger partial charge is 0.163 e. The normalized spacial score (nSPS) is 20.4. The highest BCUT2D eigenvalue weighted by Gasteiger charge is 2.40. The van der Waals surface area contributed by atoms with Crippen molar-refractivity contribution in [1.29, 1.82) is 0 Å². The SMILES string of the molecule is COCC(COC)n1c(CS(=O)(=O)[C@@H](C)[C@@H](OC(C)C)c2ncc(Cl)cn2)nnc1[C@@H]1CC[C@H](C)O1.COCC(COC)n1c(CS(=O)(=O)[C@@H](C)[C@@H](OC(C)C)c2ncc(Cl)cn2)nnc1[C@H]1CC[C@@H](C)O1. The monoisotopic (exact) mass is 1090 g/mol. The second kappa shape index (κ2) is 27.4. The van der Waals surface area contributed by atoms with Gasteiger partial charge in [0.05, 0.1) is 83.5 Å². The number of hydrogen-bond donors (Lipinski definition) is 0. The molecule has 4 aromatic rings. The zero-order chi connectivity index (χ0) is 52.9. The van der Waals surface area contributed by atoms with Gasteiger partial charge < -0.3 is 47.0 Å². The molecule has 0 saturated carbocycles. The Labute approximate surface area is 433 Å². The van der Waals surface area contributed by atoms with Crippen LogP contribution in [-0.4, -0.2) is 156 Å². The van der Waals surface area contributed by atoms with Crippen molar-refractivity contribution in [3.05, 3.63) is 69.8 Å². The van der Waals surface area contributed by atoms with Crippen molar-refractivity contribution in [2.24, 2.45) is 0 Å².